The molecule has 0 atom stereocenters. The maximum absolute atomic E-state index is 11.7. The summed E-state index contributed by atoms with van der Waals surface area (Å²) in [6.45, 7) is 0. The Morgan fingerprint density at radius 2 is 1.86 bits per heavy atom. The number of hydrogen-bond donors (Lipinski definition) is 1. The predicted molar refractivity (Wildman–Crippen MR) is 86.6 cm³/mol. The normalized spacial score (nSPS) is 10.4. The Bertz CT molecular complexity index is 931. The summed E-state index contributed by atoms with van der Waals surface area (Å²) in [4.78, 5) is 16.2. The summed E-state index contributed by atoms with van der Waals surface area (Å²) in [7, 11) is 0. The van der Waals surface area contributed by atoms with Gasteiger partial charge in [0, 0.05) is 15.4 Å². The molecule has 0 aliphatic rings. The Hall–Kier alpha value is -2.71. The minimum Gasteiger partial charge on any atom is -0.478 e. The lowest BCUT2D eigenvalue weighted by Gasteiger charge is -2.11. The molecule has 0 saturated carbocycles. The van der Waals surface area contributed by atoms with Crippen molar-refractivity contribution in [3.63, 3.8) is 0 Å². The van der Waals surface area contributed by atoms with Crippen molar-refractivity contribution < 1.29 is 9.90 Å². The molecule has 0 fully saturated rings. The van der Waals surface area contributed by atoms with Gasteiger partial charge in [-0.2, -0.15) is 5.26 Å². The number of nitrogens with zero attached hydrogens (tertiary/aromatic N) is 2. The Kier molecular flexibility index (Phi) is 3.61. The van der Waals surface area contributed by atoms with Crippen molar-refractivity contribution in [2.24, 2.45) is 0 Å². The number of aromatic carboxylic acids is 1. The summed E-state index contributed by atoms with van der Waals surface area (Å²) >= 11 is 3.35. The standard InChI is InChI=1S/C17H9BrN2O2/c18-12-7-4-8-13-15(12)14(17(21)22)11(9-19)16(20-13)10-5-2-1-3-6-10/h1-8H,(H,21,22). The Morgan fingerprint density at radius 1 is 1.14 bits per heavy atom. The fourth-order valence-electron chi connectivity index (χ4n) is 2.40. The van der Waals surface area contributed by atoms with E-state index in [9.17, 15) is 15.2 Å². The summed E-state index contributed by atoms with van der Waals surface area (Å²) in [5.41, 5.74) is 1.66. The molecular formula is C17H9BrN2O2. The molecule has 0 aliphatic carbocycles. The van der Waals surface area contributed by atoms with Crippen molar-refractivity contribution in [1.82, 2.24) is 4.98 Å². The highest BCUT2D eigenvalue weighted by Crippen LogP contribution is 2.33. The van der Waals surface area contributed by atoms with E-state index in [1.54, 1.807) is 30.3 Å². The van der Waals surface area contributed by atoms with Crippen LogP contribution in [0.3, 0.4) is 0 Å². The molecule has 106 valence electrons. The highest BCUT2D eigenvalue weighted by molar-refractivity contribution is 9.10. The first kappa shape index (κ1) is 14.2. The summed E-state index contributed by atoms with van der Waals surface area (Å²) < 4.78 is 0.603. The number of hydrogen-bond acceptors (Lipinski definition) is 3. The summed E-state index contributed by atoms with van der Waals surface area (Å²) in [6.07, 6.45) is 0. The molecular weight excluding hydrogens is 344 g/mol. The lowest BCUT2D eigenvalue weighted by Crippen LogP contribution is -2.06. The monoisotopic (exact) mass is 352 g/mol. The van der Waals surface area contributed by atoms with Crippen LogP contribution >= 0.6 is 15.9 Å². The van der Waals surface area contributed by atoms with Crippen molar-refractivity contribution in [1.29, 1.82) is 5.26 Å². The molecule has 3 aromatic rings. The third-order valence-corrected chi connectivity index (χ3v) is 3.99. The molecule has 0 spiro atoms. The van der Waals surface area contributed by atoms with Crippen LogP contribution in [0.1, 0.15) is 15.9 Å². The van der Waals surface area contributed by atoms with Crippen LogP contribution in [0.2, 0.25) is 0 Å². The van der Waals surface area contributed by atoms with E-state index in [1.807, 2.05) is 24.3 Å². The first-order chi connectivity index (χ1) is 10.6. The zero-order valence-electron chi connectivity index (χ0n) is 11.2. The van der Waals surface area contributed by atoms with Gasteiger partial charge in [0.2, 0.25) is 0 Å². The van der Waals surface area contributed by atoms with Gasteiger partial charge in [-0.25, -0.2) is 9.78 Å². The van der Waals surface area contributed by atoms with Crippen LogP contribution in [0.15, 0.2) is 53.0 Å². The van der Waals surface area contributed by atoms with E-state index >= 15 is 0 Å². The minimum atomic E-state index is -1.15. The van der Waals surface area contributed by atoms with Gasteiger partial charge in [0.05, 0.1) is 22.3 Å². The lowest BCUT2D eigenvalue weighted by atomic mass is 9.97. The third-order valence-electron chi connectivity index (χ3n) is 3.33. The second-order valence-corrected chi connectivity index (χ2v) is 5.48. The van der Waals surface area contributed by atoms with Gasteiger partial charge in [0.1, 0.15) is 6.07 Å². The average molecular weight is 353 g/mol. The predicted octanol–water partition coefficient (Wildman–Crippen LogP) is 4.23. The van der Waals surface area contributed by atoms with E-state index < -0.39 is 5.97 Å². The molecule has 1 aromatic heterocycles. The first-order valence-electron chi connectivity index (χ1n) is 6.44. The molecule has 0 radical (unpaired) electrons. The van der Waals surface area contributed by atoms with Crippen molar-refractivity contribution >= 4 is 32.8 Å². The number of carboxylic acids is 1. The van der Waals surface area contributed by atoms with E-state index in [4.69, 9.17) is 0 Å². The molecule has 0 saturated heterocycles. The summed E-state index contributed by atoms with van der Waals surface area (Å²) in [5, 5.41) is 19.5. The molecule has 0 amide bonds. The van der Waals surface area contributed by atoms with E-state index in [0.29, 0.717) is 26.6 Å². The molecule has 0 aliphatic heterocycles. The topological polar surface area (TPSA) is 74.0 Å². The Labute approximate surface area is 134 Å². The molecule has 5 heteroatoms. The molecule has 0 unspecified atom stereocenters. The zero-order valence-corrected chi connectivity index (χ0v) is 12.8. The van der Waals surface area contributed by atoms with Gasteiger partial charge in [0.15, 0.2) is 0 Å². The second kappa shape index (κ2) is 5.58. The van der Waals surface area contributed by atoms with Crippen molar-refractivity contribution in [3.8, 4) is 17.3 Å². The number of rotatable bonds is 2. The van der Waals surface area contributed by atoms with Crippen molar-refractivity contribution in [2.45, 2.75) is 0 Å². The van der Waals surface area contributed by atoms with Crippen LogP contribution in [-0.2, 0) is 0 Å². The summed E-state index contributed by atoms with van der Waals surface area (Å²) in [5.74, 6) is -1.15. The highest BCUT2D eigenvalue weighted by Gasteiger charge is 2.22. The first-order valence-corrected chi connectivity index (χ1v) is 7.24. The van der Waals surface area contributed by atoms with Crippen LogP contribution in [0.5, 0.6) is 0 Å². The van der Waals surface area contributed by atoms with Gasteiger partial charge >= 0.3 is 5.97 Å². The molecule has 4 nitrogen and oxygen atoms in total. The van der Waals surface area contributed by atoms with E-state index in [2.05, 4.69) is 20.9 Å². The Balaban J connectivity index is 2.51. The fraction of sp³-hybridized carbons (Fsp3) is 0. The van der Waals surface area contributed by atoms with Gasteiger partial charge in [-0.05, 0) is 12.1 Å². The number of carbonyl (C=O) groups is 1. The molecule has 22 heavy (non-hydrogen) atoms. The molecule has 1 N–H and O–H groups in total. The number of halogens is 1. The number of aromatic nitrogens is 1. The number of fused-ring (bicyclic) bond motifs is 1. The molecule has 2 aromatic carbocycles. The third kappa shape index (κ3) is 2.24. The fourth-order valence-corrected chi connectivity index (χ4v) is 2.95. The van der Waals surface area contributed by atoms with E-state index in [-0.39, 0.29) is 11.1 Å². The number of benzene rings is 2. The second-order valence-electron chi connectivity index (χ2n) is 4.63. The summed E-state index contributed by atoms with van der Waals surface area (Å²) in [6, 6.07) is 16.4. The van der Waals surface area contributed by atoms with Crippen LogP contribution in [0.4, 0.5) is 0 Å². The highest BCUT2D eigenvalue weighted by atomic mass is 79.9. The van der Waals surface area contributed by atoms with Crippen LogP contribution < -0.4 is 0 Å². The smallest absolute Gasteiger partial charge is 0.337 e. The molecule has 1 heterocycles. The maximum atomic E-state index is 11.7. The Morgan fingerprint density at radius 3 is 2.50 bits per heavy atom. The van der Waals surface area contributed by atoms with Gasteiger partial charge < -0.3 is 5.11 Å². The van der Waals surface area contributed by atoms with Crippen LogP contribution in [-0.4, -0.2) is 16.1 Å². The minimum absolute atomic E-state index is 0.0289. The molecule has 3 rings (SSSR count). The van der Waals surface area contributed by atoms with E-state index in [1.165, 1.54) is 0 Å². The van der Waals surface area contributed by atoms with Crippen molar-refractivity contribution in [2.75, 3.05) is 0 Å². The SMILES string of the molecule is N#Cc1c(-c2ccccc2)nc2cccc(Br)c2c1C(=O)O. The van der Waals surface area contributed by atoms with Crippen LogP contribution in [0, 0.1) is 11.3 Å². The van der Waals surface area contributed by atoms with Gasteiger partial charge in [-0.3, -0.25) is 0 Å². The van der Waals surface area contributed by atoms with E-state index in [0.717, 1.165) is 0 Å². The number of nitriles is 1. The van der Waals surface area contributed by atoms with Gasteiger partial charge in [-0.15, -0.1) is 0 Å². The van der Waals surface area contributed by atoms with Crippen molar-refractivity contribution in [3.05, 3.63) is 64.1 Å². The quantitative estimate of drug-likeness (QED) is 0.748. The van der Waals surface area contributed by atoms with Gasteiger partial charge in [-0.1, -0.05) is 52.3 Å². The van der Waals surface area contributed by atoms with Crippen LogP contribution in [0.25, 0.3) is 22.2 Å². The zero-order chi connectivity index (χ0) is 15.7. The maximum Gasteiger partial charge on any atom is 0.337 e. The number of pyridine rings is 1. The molecule has 0 bridgehead atoms. The lowest BCUT2D eigenvalue weighted by molar-refractivity contribution is 0.0698. The van der Waals surface area contributed by atoms with Gasteiger partial charge in [0.25, 0.3) is 0 Å². The largest absolute Gasteiger partial charge is 0.478 e. The average Bonchev–Trinajstić information content (AvgIpc) is 2.54. The number of carboxylic acid groups (broad SMARTS) is 1.